The highest BCUT2D eigenvalue weighted by atomic mass is 16.5. The molecular formula is C15H18N2O5. The van der Waals surface area contributed by atoms with Crippen molar-refractivity contribution < 1.29 is 14.6 Å². The van der Waals surface area contributed by atoms with Crippen molar-refractivity contribution in [2.24, 2.45) is 0 Å². The molecule has 0 saturated carbocycles. The minimum atomic E-state index is -0.732. The predicted molar refractivity (Wildman–Crippen MR) is 81.0 cm³/mol. The van der Waals surface area contributed by atoms with Crippen LogP contribution in [0.4, 0.5) is 0 Å². The second-order valence-corrected chi connectivity index (χ2v) is 4.97. The van der Waals surface area contributed by atoms with Gasteiger partial charge in [-0.25, -0.2) is 4.79 Å². The van der Waals surface area contributed by atoms with Crippen molar-refractivity contribution in [2.75, 3.05) is 14.2 Å². The lowest BCUT2D eigenvalue weighted by molar-refractivity contribution is 0.354. The first kappa shape index (κ1) is 15.7. The van der Waals surface area contributed by atoms with Crippen LogP contribution in [0, 0.1) is 0 Å². The molecule has 7 nitrogen and oxygen atoms in total. The molecular weight excluding hydrogens is 288 g/mol. The number of aromatic hydroxyl groups is 1. The minimum absolute atomic E-state index is 0.148. The molecule has 0 spiro atoms. The third-order valence-corrected chi connectivity index (χ3v) is 3.44. The van der Waals surface area contributed by atoms with E-state index in [2.05, 4.69) is 9.97 Å². The number of aromatic nitrogens is 2. The fourth-order valence-corrected chi connectivity index (χ4v) is 2.40. The summed E-state index contributed by atoms with van der Waals surface area (Å²) >= 11 is 0. The van der Waals surface area contributed by atoms with Crippen molar-refractivity contribution in [3.05, 3.63) is 50.2 Å². The summed E-state index contributed by atoms with van der Waals surface area (Å²) in [5, 5.41) is 9.78. The Labute approximate surface area is 126 Å². The van der Waals surface area contributed by atoms with Gasteiger partial charge in [0.15, 0.2) is 11.5 Å². The Kier molecular flexibility index (Phi) is 4.55. The summed E-state index contributed by atoms with van der Waals surface area (Å²) in [5.41, 5.74) is -0.261. The molecule has 7 heteroatoms. The van der Waals surface area contributed by atoms with E-state index in [1.165, 1.54) is 0 Å². The third kappa shape index (κ3) is 3.13. The number of hydrogen-bond donors (Lipinski definition) is 3. The van der Waals surface area contributed by atoms with Gasteiger partial charge in [0.2, 0.25) is 5.88 Å². The Bertz CT molecular complexity index is 778. The number of aromatic amines is 2. The van der Waals surface area contributed by atoms with Gasteiger partial charge >= 0.3 is 5.69 Å². The lowest BCUT2D eigenvalue weighted by Gasteiger charge is -2.14. The van der Waals surface area contributed by atoms with Crippen LogP contribution >= 0.6 is 0 Å². The Morgan fingerprint density at radius 1 is 1.14 bits per heavy atom. The summed E-state index contributed by atoms with van der Waals surface area (Å²) in [6.45, 7) is 1.79. The van der Waals surface area contributed by atoms with Crippen molar-refractivity contribution in [1.82, 2.24) is 9.97 Å². The van der Waals surface area contributed by atoms with E-state index in [1.54, 1.807) is 27.2 Å². The van der Waals surface area contributed by atoms with E-state index >= 15 is 0 Å². The van der Waals surface area contributed by atoms with E-state index in [1.807, 2.05) is 12.1 Å². The van der Waals surface area contributed by atoms with E-state index in [4.69, 9.17) is 9.47 Å². The zero-order valence-corrected chi connectivity index (χ0v) is 12.6. The molecule has 22 heavy (non-hydrogen) atoms. The summed E-state index contributed by atoms with van der Waals surface area (Å²) < 4.78 is 10.4. The lowest BCUT2D eigenvalue weighted by Crippen LogP contribution is -2.26. The second kappa shape index (κ2) is 6.38. The maximum Gasteiger partial charge on any atom is 0.328 e. The van der Waals surface area contributed by atoms with Gasteiger partial charge in [-0.3, -0.25) is 14.8 Å². The van der Waals surface area contributed by atoms with E-state index in [0.29, 0.717) is 17.9 Å². The third-order valence-electron chi connectivity index (χ3n) is 3.44. The number of benzene rings is 1. The van der Waals surface area contributed by atoms with Crippen LogP contribution in [0.1, 0.15) is 24.0 Å². The summed E-state index contributed by atoms with van der Waals surface area (Å²) in [5.74, 6) is 0.510. The Morgan fingerprint density at radius 3 is 2.41 bits per heavy atom. The Balaban J connectivity index is 2.31. The van der Waals surface area contributed by atoms with Gasteiger partial charge in [-0.15, -0.1) is 0 Å². The molecule has 3 N–H and O–H groups in total. The van der Waals surface area contributed by atoms with Crippen LogP contribution in [0.25, 0.3) is 0 Å². The summed E-state index contributed by atoms with van der Waals surface area (Å²) in [7, 11) is 3.10. The van der Waals surface area contributed by atoms with Crippen molar-refractivity contribution in [3.8, 4) is 17.4 Å². The zero-order valence-electron chi connectivity index (χ0n) is 12.6. The van der Waals surface area contributed by atoms with Gasteiger partial charge in [-0.05, 0) is 30.0 Å². The van der Waals surface area contributed by atoms with Crippen molar-refractivity contribution in [3.63, 3.8) is 0 Å². The topological polar surface area (TPSA) is 104 Å². The van der Waals surface area contributed by atoms with Gasteiger partial charge in [0.25, 0.3) is 5.56 Å². The van der Waals surface area contributed by atoms with Gasteiger partial charge in [-0.2, -0.15) is 0 Å². The van der Waals surface area contributed by atoms with Crippen molar-refractivity contribution in [2.45, 2.75) is 19.3 Å². The number of H-pyrrole nitrogens is 2. The number of hydrogen-bond acceptors (Lipinski definition) is 5. The number of rotatable bonds is 5. The monoisotopic (exact) mass is 306 g/mol. The van der Waals surface area contributed by atoms with Crippen LogP contribution in [-0.4, -0.2) is 29.3 Å². The Hall–Kier alpha value is -2.70. The quantitative estimate of drug-likeness (QED) is 0.768. The van der Waals surface area contributed by atoms with Crippen molar-refractivity contribution >= 4 is 0 Å². The zero-order chi connectivity index (χ0) is 16.3. The molecule has 1 heterocycles. The SMILES string of the molecule is COc1ccc(CC(C)c2c(O)[nH]c(=O)[nH]c2=O)cc1OC. The van der Waals surface area contributed by atoms with Gasteiger partial charge in [0.1, 0.15) is 0 Å². The number of ether oxygens (including phenoxy) is 2. The van der Waals surface area contributed by atoms with E-state index in [9.17, 15) is 14.7 Å². The molecule has 1 aromatic heterocycles. The van der Waals surface area contributed by atoms with Gasteiger partial charge < -0.3 is 14.6 Å². The first-order valence-electron chi connectivity index (χ1n) is 6.72. The molecule has 0 aliphatic rings. The summed E-state index contributed by atoms with van der Waals surface area (Å²) in [6.07, 6.45) is 0.489. The van der Waals surface area contributed by atoms with Gasteiger partial charge in [0, 0.05) is 0 Å². The molecule has 118 valence electrons. The predicted octanol–water partition coefficient (Wildman–Crippen LogP) is 1.13. The number of nitrogens with one attached hydrogen (secondary N) is 2. The Morgan fingerprint density at radius 2 is 1.82 bits per heavy atom. The molecule has 0 radical (unpaired) electrons. The van der Waals surface area contributed by atoms with E-state index in [-0.39, 0.29) is 11.5 Å². The standard InChI is InChI=1S/C15H18N2O5/c1-8(12-13(18)16-15(20)17-14(12)19)6-9-4-5-10(21-2)11(7-9)22-3/h4-5,7-8H,6H2,1-3H3,(H3,16,17,18,19,20). The van der Waals surface area contributed by atoms with E-state index < -0.39 is 17.1 Å². The highest BCUT2D eigenvalue weighted by Gasteiger charge is 2.17. The molecule has 0 bridgehead atoms. The van der Waals surface area contributed by atoms with Gasteiger partial charge in [-0.1, -0.05) is 13.0 Å². The normalized spacial score (nSPS) is 12.0. The maximum absolute atomic E-state index is 11.8. The fraction of sp³-hybridized carbons (Fsp3) is 0.333. The molecule has 1 aromatic carbocycles. The summed E-state index contributed by atoms with van der Waals surface area (Å²) in [6, 6.07) is 5.44. The molecule has 0 saturated heterocycles. The van der Waals surface area contributed by atoms with Crippen LogP contribution in [0.3, 0.4) is 0 Å². The molecule has 0 amide bonds. The summed E-state index contributed by atoms with van der Waals surface area (Å²) in [4.78, 5) is 27.2. The minimum Gasteiger partial charge on any atom is -0.494 e. The molecule has 1 unspecified atom stereocenters. The lowest BCUT2D eigenvalue weighted by atomic mass is 9.95. The smallest absolute Gasteiger partial charge is 0.328 e. The highest BCUT2D eigenvalue weighted by Crippen LogP contribution is 2.30. The number of methoxy groups -OCH3 is 2. The average molecular weight is 306 g/mol. The molecule has 0 aliphatic heterocycles. The molecule has 2 rings (SSSR count). The molecule has 2 aromatic rings. The van der Waals surface area contributed by atoms with E-state index in [0.717, 1.165) is 5.56 Å². The fourth-order valence-electron chi connectivity index (χ4n) is 2.40. The molecule has 1 atom stereocenters. The largest absolute Gasteiger partial charge is 0.494 e. The van der Waals surface area contributed by atoms with Crippen LogP contribution in [0.2, 0.25) is 0 Å². The van der Waals surface area contributed by atoms with Crippen LogP contribution in [0.15, 0.2) is 27.8 Å². The van der Waals surface area contributed by atoms with Gasteiger partial charge in [0.05, 0.1) is 19.8 Å². The second-order valence-electron chi connectivity index (χ2n) is 4.97. The average Bonchev–Trinajstić information content (AvgIpc) is 2.45. The maximum atomic E-state index is 11.8. The van der Waals surface area contributed by atoms with Crippen LogP contribution < -0.4 is 20.7 Å². The van der Waals surface area contributed by atoms with Crippen LogP contribution in [0.5, 0.6) is 17.4 Å². The van der Waals surface area contributed by atoms with Crippen molar-refractivity contribution in [1.29, 1.82) is 0 Å². The molecule has 0 aliphatic carbocycles. The molecule has 0 fully saturated rings. The van der Waals surface area contributed by atoms with Crippen LogP contribution in [-0.2, 0) is 6.42 Å². The first-order chi connectivity index (χ1) is 10.5. The highest BCUT2D eigenvalue weighted by molar-refractivity contribution is 5.43. The first-order valence-corrected chi connectivity index (χ1v) is 6.72.